The van der Waals surface area contributed by atoms with Crippen molar-refractivity contribution in [3.05, 3.63) is 0 Å². The number of hydrogen-bond donors (Lipinski definition) is 0. The molecule has 0 N–H and O–H groups in total. The molecule has 0 spiro atoms. The van der Waals surface area contributed by atoms with Crippen LogP contribution in [0, 0.1) is 0 Å². The first-order chi connectivity index (χ1) is 3.29. The van der Waals surface area contributed by atoms with Crippen molar-refractivity contribution in [1.29, 1.82) is 0 Å². The van der Waals surface area contributed by atoms with Gasteiger partial charge in [-0.25, -0.2) is 5.32 Å². The molecule has 1 atom stereocenters. The van der Waals surface area contributed by atoms with Crippen LogP contribution in [-0.2, 0) is 4.79 Å². The van der Waals surface area contributed by atoms with E-state index in [0.717, 1.165) is 6.42 Å². The molecular formula is C4H5ClNO. The zero-order chi connectivity index (χ0) is 5.28. The van der Waals surface area contributed by atoms with E-state index in [1.165, 1.54) is 0 Å². The van der Waals surface area contributed by atoms with Crippen molar-refractivity contribution >= 4 is 17.5 Å². The van der Waals surface area contributed by atoms with E-state index in [9.17, 15) is 4.79 Å². The Kier molecular flexibility index (Phi) is 1.19. The van der Waals surface area contributed by atoms with Gasteiger partial charge in [0.2, 0.25) is 5.91 Å². The number of amides is 1. The second-order valence-electron chi connectivity index (χ2n) is 1.50. The predicted octanol–water partition coefficient (Wildman–Crippen LogP) is 0.476. The maximum absolute atomic E-state index is 10.2. The van der Waals surface area contributed by atoms with E-state index in [1.54, 1.807) is 0 Å². The van der Waals surface area contributed by atoms with Gasteiger partial charge >= 0.3 is 0 Å². The molecule has 0 bridgehead atoms. The van der Waals surface area contributed by atoms with Gasteiger partial charge in [-0.15, -0.1) is 0 Å². The van der Waals surface area contributed by atoms with Crippen molar-refractivity contribution in [3.8, 4) is 0 Å². The molecule has 0 aromatic heterocycles. The van der Waals surface area contributed by atoms with Crippen molar-refractivity contribution in [2.45, 2.75) is 18.3 Å². The lowest BCUT2D eigenvalue weighted by molar-refractivity contribution is -0.119. The molecule has 1 saturated heterocycles. The average Bonchev–Trinajstić information content (AvgIpc) is 1.87. The second kappa shape index (κ2) is 1.70. The number of alkyl halides is 1. The molecule has 1 rings (SSSR count). The summed E-state index contributed by atoms with van der Waals surface area (Å²) in [5, 5.41) is 3.52. The Morgan fingerprint density at radius 2 is 2.57 bits per heavy atom. The van der Waals surface area contributed by atoms with Crippen LogP contribution < -0.4 is 5.32 Å². The third-order valence-corrected chi connectivity index (χ3v) is 1.20. The van der Waals surface area contributed by atoms with Gasteiger partial charge in [0.25, 0.3) is 0 Å². The molecule has 0 aromatic rings. The molecule has 1 aliphatic rings. The van der Waals surface area contributed by atoms with Gasteiger partial charge in [-0.1, -0.05) is 11.6 Å². The molecule has 2 nitrogen and oxygen atoms in total. The molecule has 0 saturated carbocycles. The number of nitrogens with zero attached hydrogens (tertiary/aromatic N) is 1. The number of hydrogen-bond acceptors (Lipinski definition) is 1. The van der Waals surface area contributed by atoms with Crippen molar-refractivity contribution in [1.82, 2.24) is 5.32 Å². The van der Waals surface area contributed by atoms with E-state index in [-0.39, 0.29) is 11.4 Å². The molecule has 1 radical (unpaired) electrons. The van der Waals surface area contributed by atoms with Gasteiger partial charge in [0.05, 0.1) is 0 Å². The zero-order valence-corrected chi connectivity index (χ0v) is 4.48. The minimum Gasteiger partial charge on any atom is -0.273 e. The summed E-state index contributed by atoms with van der Waals surface area (Å²) in [6, 6.07) is 0. The molecule has 0 aliphatic carbocycles. The van der Waals surface area contributed by atoms with Gasteiger partial charge < -0.3 is 0 Å². The van der Waals surface area contributed by atoms with Crippen LogP contribution in [0.1, 0.15) is 12.8 Å². The standard InChI is InChI=1S/C4H5ClNO/c5-3-1-2-4(7)6-3/h3H,1-2H2. The zero-order valence-electron chi connectivity index (χ0n) is 3.72. The maximum Gasteiger partial charge on any atom is 0.242 e. The van der Waals surface area contributed by atoms with Crippen LogP contribution in [-0.4, -0.2) is 11.4 Å². The van der Waals surface area contributed by atoms with E-state index >= 15 is 0 Å². The van der Waals surface area contributed by atoms with Crippen LogP contribution in [0.15, 0.2) is 0 Å². The number of rotatable bonds is 0. The fraction of sp³-hybridized carbons (Fsp3) is 0.750. The Bertz CT molecular complexity index is 93.7. The predicted molar refractivity (Wildman–Crippen MR) is 26.0 cm³/mol. The summed E-state index contributed by atoms with van der Waals surface area (Å²) in [4.78, 5) is 10.2. The quantitative estimate of drug-likeness (QED) is 0.336. The van der Waals surface area contributed by atoms with Crippen molar-refractivity contribution in [2.75, 3.05) is 0 Å². The van der Waals surface area contributed by atoms with Crippen molar-refractivity contribution in [2.24, 2.45) is 0 Å². The molecular weight excluding hydrogens is 114 g/mol. The summed E-state index contributed by atoms with van der Waals surface area (Å²) >= 11 is 5.42. The first-order valence-corrected chi connectivity index (χ1v) is 2.60. The van der Waals surface area contributed by atoms with Gasteiger partial charge in [-0.3, -0.25) is 4.79 Å². The first-order valence-electron chi connectivity index (χ1n) is 2.17. The third kappa shape index (κ3) is 1.06. The molecule has 1 unspecified atom stereocenters. The summed E-state index contributed by atoms with van der Waals surface area (Å²) in [6.07, 6.45) is 1.26. The first kappa shape index (κ1) is 4.91. The lowest BCUT2D eigenvalue weighted by atomic mass is 10.4. The van der Waals surface area contributed by atoms with Gasteiger partial charge in [-0.05, 0) is 6.42 Å². The van der Waals surface area contributed by atoms with E-state index in [2.05, 4.69) is 5.32 Å². The van der Waals surface area contributed by atoms with Crippen LogP contribution in [0.4, 0.5) is 0 Å². The van der Waals surface area contributed by atoms with Crippen LogP contribution in [0.2, 0.25) is 0 Å². The van der Waals surface area contributed by atoms with Gasteiger partial charge in [0, 0.05) is 6.42 Å². The van der Waals surface area contributed by atoms with E-state index in [1.807, 2.05) is 0 Å². The van der Waals surface area contributed by atoms with Gasteiger partial charge in [0.15, 0.2) is 0 Å². The fourth-order valence-corrected chi connectivity index (χ4v) is 0.746. The smallest absolute Gasteiger partial charge is 0.242 e. The van der Waals surface area contributed by atoms with Crippen LogP contribution in [0.3, 0.4) is 0 Å². The van der Waals surface area contributed by atoms with Crippen molar-refractivity contribution in [3.63, 3.8) is 0 Å². The van der Waals surface area contributed by atoms with Crippen molar-refractivity contribution < 1.29 is 4.79 Å². The monoisotopic (exact) mass is 118 g/mol. The molecule has 7 heavy (non-hydrogen) atoms. The molecule has 39 valence electrons. The lowest BCUT2D eigenvalue weighted by Crippen LogP contribution is -2.10. The second-order valence-corrected chi connectivity index (χ2v) is 2.00. The summed E-state index contributed by atoms with van der Waals surface area (Å²) in [7, 11) is 0. The van der Waals surface area contributed by atoms with E-state index in [0.29, 0.717) is 6.42 Å². The highest BCUT2D eigenvalue weighted by Crippen LogP contribution is 2.10. The third-order valence-electron chi connectivity index (χ3n) is 0.880. The largest absolute Gasteiger partial charge is 0.273 e. The summed E-state index contributed by atoms with van der Waals surface area (Å²) in [6.45, 7) is 0. The Labute approximate surface area is 46.8 Å². The molecule has 0 aromatic carbocycles. The SMILES string of the molecule is O=C1CCC(Cl)[N]1. The highest BCUT2D eigenvalue weighted by molar-refractivity contribution is 6.22. The number of halogens is 1. The minimum absolute atomic E-state index is 0.0556. The molecule has 3 heteroatoms. The Balaban J connectivity index is 2.40. The minimum atomic E-state index is -0.229. The van der Waals surface area contributed by atoms with E-state index < -0.39 is 0 Å². The topological polar surface area (TPSA) is 31.2 Å². The summed E-state index contributed by atoms with van der Waals surface area (Å²) in [5.74, 6) is -0.0556. The lowest BCUT2D eigenvalue weighted by Gasteiger charge is -1.88. The van der Waals surface area contributed by atoms with Gasteiger partial charge in [-0.2, -0.15) is 0 Å². The molecule has 1 heterocycles. The summed E-state index contributed by atoms with van der Waals surface area (Å²) in [5.41, 5.74) is -0.229. The van der Waals surface area contributed by atoms with E-state index in [4.69, 9.17) is 11.6 Å². The molecule has 1 fully saturated rings. The van der Waals surface area contributed by atoms with Gasteiger partial charge in [0.1, 0.15) is 5.50 Å². The van der Waals surface area contributed by atoms with Crippen LogP contribution in [0.25, 0.3) is 0 Å². The average molecular weight is 119 g/mol. The number of carbonyl (C=O) groups excluding carboxylic acids is 1. The maximum atomic E-state index is 10.2. The Hall–Kier alpha value is -0.240. The van der Waals surface area contributed by atoms with Crippen LogP contribution >= 0.6 is 11.6 Å². The molecule has 1 aliphatic heterocycles. The fourth-order valence-electron chi connectivity index (χ4n) is 0.528. The Morgan fingerprint density at radius 3 is 2.71 bits per heavy atom. The molecule has 1 amide bonds. The highest BCUT2D eigenvalue weighted by Gasteiger charge is 2.19. The summed E-state index contributed by atoms with van der Waals surface area (Å²) < 4.78 is 0. The van der Waals surface area contributed by atoms with Crippen LogP contribution in [0.5, 0.6) is 0 Å². The Morgan fingerprint density at radius 1 is 1.86 bits per heavy atom. The normalized spacial score (nSPS) is 30.4. The highest BCUT2D eigenvalue weighted by atomic mass is 35.5. The number of carbonyl (C=O) groups is 1.